The number of rotatable bonds is 6. The summed E-state index contributed by atoms with van der Waals surface area (Å²) in [7, 11) is 0. The molecule has 2 amide bonds. The number of hydrogen-bond acceptors (Lipinski definition) is 6. The summed E-state index contributed by atoms with van der Waals surface area (Å²) in [5.74, 6) is 0.623. The molecule has 8 heteroatoms. The van der Waals surface area contributed by atoms with Crippen molar-refractivity contribution in [2.45, 2.75) is 39.7 Å². The predicted octanol–water partition coefficient (Wildman–Crippen LogP) is 3.26. The quantitative estimate of drug-likeness (QED) is 0.766. The fraction of sp³-hybridized carbons (Fsp3) is 0.500. The Morgan fingerprint density at radius 3 is 2.86 bits per heavy atom. The van der Waals surface area contributed by atoms with Gasteiger partial charge < -0.3 is 19.5 Å². The summed E-state index contributed by atoms with van der Waals surface area (Å²) < 4.78 is 10.5. The zero-order chi connectivity index (χ0) is 19.9. The Kier molecular flexibility index (Phi) is 6.62. The molecule has 0 bridgehead atoms. The second kappa shape index (κ2) is 9.34. The van der Waals surface area contributed by atoms with Gasteiger partial charge in [-0.05, 0) is 30.9 Å². The maximum Gasteiger partial charge on any atom is 0.321 e. The van der Waals surface area contributed by atoms with E-state index >= 15 is 0 Å². The molecule has 1 atom stereocenters. The highest BCUT2D eigenvalue weighted by Gasteiger charge is 2.30. The SMILES string of the molecule is CC(C)Cc1noc(COC(=O)C2CCCN(C(=O)Nc3ccccc3)C2)n1. The number of esters is 1. The van der Waals surface area contributed by atoms with Crippen molar-refractivity contribution in [1.29, 1.82) is 0 Å². The van der Waals surface area contributed by atoms with Crippen LogP contribution in [0, 0.1) is 11.8 Å². The summed E-state index contributed by atoms with van der Waals surface area (Å²) in [4.78, 5) is 30.7. The van der Waals surface area contributed by atoms with Gasteiger partial charge in [0.25, 0.3) is 5.89 Å². The van der Waals surface area contributed by atoms with Gasteiger partial charge >= 0.3 is 12.0 Å². The third-order valence-corrected chi connectivity index (χ3v) is 4.51. The number of nitrogens with one attached hydrogen (secondary N) is 1. The minimum Gasteiger partial charge on any atom is -0.455 e. The summed E-state index contributed by atoms with van der Waals surface area (Å²) in [6, 6.07) is 9.04. The van der Waals surface area contributed by atoms with E-state index in [1.807, 2.05) is 30.3 Å². The second-order valence-electron chi connectivity index (χ2n) is 7.39. The number of urea groups is 1. The number of para-hydroxylation sites is 1. The van der Waals surface area contributed by atoms with E-state index in [-0.39, 0.29) is 24.5 Å². The molecule has 1 N–H and O–H groups in total. The largest absolute Gasteiger partial charge is 0.455 e. The fourth-order valence-electron chi connectivity index (χ4n) is 3.13. The Morgan fingerprint density at radius 2 is 2.11 bits per heavy atom. The monoisotopic (exact) mass is 386 g/mol. The molecule has 1 unspecified atom stereocenters. The summed E-state index contributed by atoms with van der Waals surface area (Å²) in [6.45, 7) is 5.04. The van der Waals surface area contributed by atoms with E-state index in [0.717, 1.165) is 12.1 Å². The highest BCUT2D eigenvalue weighted by molar-refractivity contribution is 5.89. The van der Waals surface area contributed by atoms with Gasteiger partial charge in [0, 0.05) is 25.2 Å². The number of likely N-dealkylation sites (tertiary alicyclic amines) is 1. The molecule has 2 heterocycles. The molecule has 0 radical (unpaired) electrons. The Bertz CT molecular complexity index is 791. The predicted molar refractivity (Wildman–Crippen MR) is 102 cm³/mol. The average molecular weight is 386 g/mol. The number of aromatic nitrogens is 2. The number of amides is 2. The molecule has 8 nitrogen and oxygen atoms in total. The van der Waals surface area contributed by atoms with Gasteiger partial charge in [0.1, 0.15) is 0 Å². The van der Waals surface area contributed by atoms with Crippen molar-refractivity contribution in [1.82, 2.24) is 15.0 Å². The third-order valence-electron chi connectivity index (χ3n) is 4.51. The van der Waals surface area contributed by atoms with Crippen LogP contribution in [0.2, 0.25) is 0 Å². The summed E-state index contributed by atoms with van der Waals surface area (Å²) >= 11 is 0. The first-order valence-corrected chi connectivity index (χ1v) is 9.60. The molecule has 2 aromatic rings. The van der Waals surface area contributed by atoms with Crippen LogP contribution in [0.25, 0.3) is 0 Å². The molecule has 28 heavy (non-hydrogen) atoms. The van der Waals surface area contributed by atoms with E-state index in [1.165, 1.54) is 0 Å². The van der Waals surface area contributed by atoms with Crippen LogP contribution in [0.3, 0.4) is 0 Å². The second-order valence-corrected chi connectivity index (χ2v) is 7.39. The normalized spacial score (nSPS) is 16.8. The number of piperidine rings is 1. The van der Waals surface area contributed by atoms with Gasteiger partial charge in [-0.25, -0.2) is 4.79 Å². The number of hydrogen-bond donors (Lipinski definition) is 1. The minimum atomic E-state index is -0.353. The molecule has 1 aromatic heterocycles. The number of anilines is 1. The van der Waals surface area contributed by atoms with E-state index < -0.39 is 0 Å². The lowest BCUT2D eigenvalue weighted by Gasteiger charge is -2.31. The smallest absolute Gasteiger partial charge is 0.321 e. The lowest BCUT2D eigenvalue weighted by molar-refractivity contribution is -0.152. The highest BCUT2D eigenvalue weighted by Crippen LogP contribution is 2.20. The number of carbonyl (C=O) groups is 2. The Morgan fingerprint density at radius 1 is 1.32 bits per heavy atom. The summed E-state index contributed by atoms with van der Waals surface area (Å²) in [5, 5.41) is 6.73. The van der Waals surface area contributed by atoms with E-state index in [1.54, 1.807) is 4.90 Å². The molecule has 0 saturated carbocycles. The molecule has 1 aliphatic heterocycles. The first kappa shape index (κ1) is 19.9. The molecule has 0 spiro atoms. The van der Waals surface area contributed by atoms with Crippen LogP contribution < -0.4 is 5.32 Å². The van der Waals surface area contributed by atoms with Gasteiger partial charge in [0.2, 0.25) is 0 Å². The molecule has 1 saturated heterocycles. The van der Waals surface area contributed by atoms with Crippen molar-refractivity contribution in [2.24, 2.45) is 11.8 Å². The lowest BCUT2D eigenvalue weighted by atomic mass is 9.98. The minimum absolute atomic E-state index is 0.0450. The standard InChI is InChI=1S/C20H26N4O4/c1-14(2)11-17-22-18(28-23-17)13-27-19(25)15-7-6-10-24(12-15)20(26)21-16-8-4-3-5-9-16/h3-5,8-9,14-15H,6-7,10-13H2,1-2H3,(H,21,26). The van der Waals surface area contributed by atoms with Crippen LogP contribution >= 0.6 is 0 Å². The van der Waals surface area contributed by atoms with Gasteiger partial charge in [0.15, 0.2) is 12.4 Å². The number of benzene rings is 1. The summed E-state index contributed by atoms with van der Waals surface area (Å²) in [6.07, 6.45) is 2.16. The topological polar surface area (TPSA) is 97.6 Å². The van der Waals surface area contributed by atoms with Gasteiger partial charge in [-0.15, -0.1) is 0 Å². The molecular formula is C20H26N4O4. The van der Waals surface area contributed by atoms with Crippen LogP contribution in [0.5, 0.6) is 0 Å². The zero-order valence-corrected chi connectivity index (χ0v) is 16.3. The van der Waals surface area contributed by atoms with Crippen molar-refractivity contribution < 1.29 is 18.8 Å². The number of nitrogens with zero attached hydrogens (tertiary/aromatic N) is 3. The zero-order valence-electron chi connectivity index (χ0n) is 16.3. The van der Waals surface area contributed by atoms with E-state index in [9.17, 15) is 9.59 Å². The van der Waals surface area contributed by atoms with E-state index in [4.69, 9.17) is 9.26 Å². The van der Waals surface area contributed by atoms with Crippen molar-refractivity contribution in [3.8, 4) is 0 Å². The number of carbonyl (C=O) groups excluding carboxylic acids is 2. The molecule has 1 aromatic carbocycles. The van der Waals surface area contributed by atoms with E-state index in [0.29, 0.717) is 43.6 Å². The molecule has 150 valence electrons. The maximum absolute atomic E-state index is 12.4. The van der Waals surface area contributed by atoms with Crippen molar-refractivity contribution in [3.63, 3.8) is 0 Å². The van der Waals surface area contributed by atoms with Crippen molar-refractivity contribution in [2.75, 3.05) is 18.4 Å². The average Bonchev–Trinajstić information content (AvgIpc) is 3.13. The fourth-order valence-corrected chi connectivity index (χ4v) is 3.13. The molecular weight excluding hydrogens is 360 g/mol. The molecule has 0 aliphatic carbocycles. The van der Waals surface area contributed by atoms with Gasteiger partial charge in [-0.3, -0.25) is 4.79 Å². The van der Waals surface area contributed by atoms with E-state index in [2.05, 4.69) is 29.3 Å². The van der Waals surface area contributed by atoms with Gasteiger partial charge in [-0.1, -0.05) is 37.2 Å². The molecule has 1 fully saturated rings. The Balaban J connectivity index is 1.48. The molecule has 1 aliphatic rings. The molecule has 3 rings (SSSR count). The highest BCUT2D eigenvalue weighted by atomic mass is 16.6. The van der Waals surface area contributed by atoms with Gasteiger partial charge in [-0.2, -0.15) is 4.98 Å². The van der Waals surface area contributed by atoms with Crippen LogP contribution in [0.15, 0.2) is 34.9 Å². The van der Waals surface area contributed by atoms with Crippen molar-refractivity contribution in [3.05, 3.63) is 42.0 Å². The first-order chi connectivity index (χ1) is 13.5. The van der Waals surface area contributed by atoms with Crippen molar-refractivity contribution >= 4 is 17.7 Å². The van der Waals surface area contributed by atoms with Crippen LogP contribution in [-0.2, 0) is 22.6 Å². The number of ether oxygens (including phenoxy) is 1. The summed E-state index contributed by atoms with van der Waals surface area (Å²) in [5.41, 5.74) is 0.728. The Hall–Kier alpha value is -2.90. The first-order valence-electron chi connectivity index (χ1n) is 9.60. The van der Waals surface area contributed by atoms with Crippen LogP contribution in [0.1, 0.15) is 38.4 Å². The maximum atomic E-state index is 12.4. The van der Waals surface area contributed by atoms with Gasteiger partial charge in [0.05, 0.1) is 5.92 Å². The Labute approximate surface area is 164 Å². The van der Waals surface area contributed by atoms with Crippen LogP contribution in [-0.4, -0.2) is 40.1 Å². The van der Waals surface area contributed by atoms with Crippen LogP contribution in [0.4, 0.5) is 10.5 Å². The third kappa shape index (κ3) is 5.55. The lowest BCUT2D eigenvalue weighted by Crippen LogP contribution is -2.44.